The third kappa shape index (κ3) is 2.82. The molecule has 0 saturated heterocycles. The molecule has 4 saturated carbocycles. The standard InChI is InChI=1S/C23H38O2/c1-14-5-8-20(15(2)24)23(4)12-10-18-17-9-11-22(3,25)13-16(17)6-7-19(18)21(14)23/h14,16-21,25H,5-13H2,1-4H3/t14-,16+,17+,18-,19-,20?,21+,22-,23-/m1/s1. The Hall–Kier alpha value is -0.370. The van der Waals surface area contributed by atoms with Crippen LogP contribution in [0, 0.1) is 46.8 Å². The summed E-state index contributed by atoms with van der Waals surface area (Å²) < 4.78 is 0. The molecule has 0 aromatic rings. The van der Waals surface area contributed by atoms with Crippen molar-refractivity contribution >= 4 is 5.78 Å². The molecule has 0 radical (unpaired) electrons. The lowest BCUT2D eigenvalue weighted by Crippen LogP contribution is -2.56. The van der Waals surface area contributed by atoms with E-state index in [0.717, 1.165) is 54.8 Å². The van der Waals surface area contributed by atoms with Crippen molar-refractivity contribution in [1.29, 1.82) is 0 Å². The van der Waals surface area contributed by atoms with Crippen molar-refractivity contribution in [3.8, 4) is 0 Å². The first-order valence-corrected chi connectivity index (χ1v) is 11.0. The summed E-state index contributed by atoms with van der Waals surface area (Å²) in [5.41, 5.74) is -0.174. The molecule has 0 spiro atoms. The molecule has 1 N–H and O–H groups in total. The Bertz CT molecular complexity index is 538. The van der Waals surface area contributed by atoms with Gasteiger partial charge >= 0.3 is 0 Å². The minimum atomic E-state index is -0.422. The summed E-state index contributed by atoms with van der Waals surface area (Å²) in [6.07, 6.45) is 10.9. The van der Waals surface area contributed by atoms with Gasteiger partial charge in [-0.3, -0.25) is 4.79 Å². The van der Waals surface area contributed by atoms with E-state index in [1.54, 1.807) is 0 Å². The van der Waals surface area contributed by atoms with Gasteiger partial charge < -0.3 is 5.11 Å². The van der Waals surface area contributed by atoms with Gasteiger partial charge in [0.1, 0.15) is 5.78 Å². The molecule has 1 unspecified atom stereocenters. The average Bonchev–Trinajstić information content (AvgIpc) is 2.52. The van der Waals surface area contributed by atoms with Gasteiger partial charge in [-0.25, -0.2) is 0 Å². The normalized spacial score (nSPS) is 55.6. The van der Waals surface area contributed by atoms with Crippen molar-refractivity contribution in [2.45, 2.75) is 91.1 Å². The Morgan fingerprint density at radius 1 is 0.920 bits per heavy atom. The first-order valence-electron chi connectivity index (χ1n) is 11.0. The highest BCUT2D eigenvalue weighted by atomic mass is 16.3. The maximum absolute atomic E-state index is 12.4. The van der Waals surface area contributed by atoms with Gasteiger partial charge in [-0.2, -0.15) is 0 Å². The summed E-state index contributed by atoms with van der Waals surface area (Å²) in [5, 5.41) is 10.5. The van der Waals surface area contributed by atoms with Crippen LogP contribution in [0.25, 0.3) is 0 Å². The molecule has 0 amide bonds. The zero-order chi connectivity index (χ0) is 18.0. The van der Waals surface area contributed by atoms with Crippen LogP contribution in [0.15, 0.2) is 0 Å². The van der Waals surface area contributed by atoms with Gasteiger partial charge in [-0.15, -0.1) is 0 Å². The van der Waals surface area contributed by atoms with E-state index in [9.17, 15) is 9.90 Å². The minimum Gasteiger partial charge on any atom is -0.390 e. The van der Waals surface area contributed by atoms with Crippen molar-refractivity contribution in [3.05, 3.63) is 0 Å². The topological polar surface area (TPSA) is 37.3 Å². The summed E-state index contributed by atoms with van der Waals surface area (Å²) in [6, 6.07) is 0. The number of ketones is 1. The second kappa shape index (κ2) is 6.08. The first-order chi connectivity index (χ1) is 11.7. The molecular formula is C23H38O2. The maximum atomic E-state index is 12.4. The molecule has 4 aliphatic rings. The van der Waals surface area contributed by atoms with Crippen LogP contribution in [0.4, 0.5) is 0 Å². The second-order valence-electron chi connectivity index (χ2n) is 10.9. The van der Waals surface area contributed by atoms with Gasteiger partial charge in [0, 0.05) is 5.92 Å². The molecule has 2 heteroatoms. The van der Waals surface area contributed by atoms with Crippen LogP contribution in [0.3, 0.4) is 0 Å². The molecule has 2 nitrogen and oxygen atoms in total. The number of carbonyl (C=O) groups is 1. The van der Waals surface area contributed by atoms with Crippen molar-refractivity contribution in [2.75, 3.05) is 0 Å². The van der Waals surface area contributed by atoms with E-state index in [2.05, 4.69) is 13.8 Å². The molecule has 9 atom stereocenters. The number of Topliss-reactive ketones (excluding diaryl/α,β-unsaturated/α-hetero) is 1. The molecule has 0 heterocycles. The molecule has 142 valence electrons. The fourth-order valence-electron chi connectivity index (χ4n) is 8.44. The van der Waals surface area contributed by atoms with Crippen molar-refractivity contribution in [1.82, 2.24) is 0 Å². The molecule has 25 heavy (non-hydrogen) atoms. The number of carbonyl (C=O) groups excluding carboxylic acids is 1. The van der Waals surface area contributed by atoms with Crippen molar-refractivity contribution < 1.29 is 9.90 Å². The van der Waals surface area contributed by atoms with E-state index in [1.807, 2.05) is 13.8 Å². The molecule has 4 fully saturated rings. The van der Waals surface area contributed by atoms with Gasteiger partial charge in [0.25, 0.3) is 0 Å². The van der Waals surface area contributed by atoms with Gasteiger partial charge in [-0.05, 0) is 113 Å². The van der Waals surface area contributed by atoms with Crippen LogP contribution in [0.5, 0.6) is 0 Å². The van der Waals surface area contributed by atoms with Gasteiger partial charge in [0.15, 0.2) is 0 Å². The molecule has 0 aromatic heterocycles. The quantitative estimate of drug-likeness (QED) is 0.706. The van der Waals surface area contributed by atoms with E-state index < -0.39 is 5.60 Å². The third-order valence-electron chi connectivity index (χ3n) is 9.34. The summed E-state index contributed by atoms with van der Waals surface area (Å²) in [6.45, 7) is 8.83. The van der Waals surface area contributed by atoms with E-state index in [1.165, 1.54) is 38.5 Å². The van der Waals surface area contributed by atoms with Crippen LogP contribution in [-0.4, -0.2) is 16.5 Å². The van der Waals surface area contributed by atoms with E-state index in [-0.39, 0.29) is 5.41 Å². The summed E-state index contributed by atoms with van der Waals surface area (Å²) in [5.74, 6) is 5.56. The lowest BCUT2D eigenvalue weighted by molar-refractivity contribution is -0.155. The highest BCUT2D eigenvalue weighted by Crippen LogP contribution is 2.64. The van der Waals surface area contributed by atoms with Crippen molar-refractivity contribution in [3.63, 3.8) is 0 Å². The Morgan fingerprint density at radius 3 is 2.36 bits per heavy atom. The number of fused-ring (bicyclic) bond motifs is 5. The molecular weight excluding hydrogens is 308 g/mol. The predicted molar refractivity (Wildman–Crippen MR) is 101 cm³/mol. The minimum absolute atomic E-state index is 0.248. The number of rotatable bonds is 1. The molecule has 0 aliphatic heterocycles. The van der Waals surface area contributed by atoms with Crippen LogP contribution in [0.2, 0.25) is 0 Å². The summed E-state index contributed by atoms with van der Waals surface area (Å²) in [7, 11) is 0. The van der Waals surface area contributed by atoms with Crippen LogP contribution >= 0.6 is 0 Å². The highest BCUT2D eigenvalue weighted by molar-refractivity contribution is 5.79. The Morgan fingerprint density at radius 2 is 1.64 bits per heavy atom. The lowest BCUT2D eigenvalue weighted by Gasteiger charge is -2.62. The zero-order valence-corrected chi connectivity index (χ0v) is 16.8. The van der Waals surface area contributed by atoms with Gasteiger partial charge in [0.05, 0.1) is 5.60 Å². The largest absolute Gasteiger partial charge is 0.390 e. The van der Waals surface area contributed by atoms with E-state index in [0.29, 0.717) is 11.7 Å². The SMILES string of the molecule is CC(=O)C1CC[C@@H](C)[C@H]2[C@@H]3CC[C@H]4C[C@](C)(O)CC[C@@H]4[C@H]3CC[C@]12C. The predicted octanol–water partition coefficient (Wildman–Crippen LogP) is 5.23. The Labute approximate surface area is 154 Å². The molecule has 4 rings (SSSR count). The lowest BCUT2D eigenvalue weighted by atomic mass is 9.43. The number of aliphatic hydroxyl groups is 1. The third-order valence-corrected chi connectivity index (χ3v) is 9.34. The summed E-state index contributed by atoms with van der Waals surface area (Å²) in [4.78, 5) is 12.4. The Balaban J connectivity index is 1.61. The van der Waals surface area contributed by atoms with Crippen LogP contribution in [0.1, 0.15) is 85.5 Å². The Kier molecular flexibility index (Phi) is 4.38. The van der Waals surface area contributed by atoms with Crippen LogP contribution < -0.4 is 0 Å². The smallest absolute Gasteiger partial charge is 0.133 e. The zero-order valence-electron chi connectivity index (χ0n) is 16.8. The molecule has 0 aromatic carbocycles. The average molecular weight is 347 g/mol. The summed E-state index contributed by atoms with van der Waals surface area (Å²) >= 11 is 0. The highest BCUT2D eigenvalue weighted by Gasteiger charge is 2.58. The fraction of sp³-hybridized carbons (Fsp3) is 0.957. The number of hydrogen-bond donors (Lipinski definition) is 1. The number of hydrogen-bond acceptors (Lipinski definition) is 2. The molecule has 4 aliphatic carbocycles. The van der Waals surface area contributed by atoms with Crippen molar-refractivity contribution in [2.24, 2.45) is 46.8 Å². The molecule has 0 bridgehead atoms. The van der Waals surface area contributed by atoms with E-state index in [4.69, 9.17) is 0 Å². The monoisotopic (exact) mass is 346 g/mol. The van der Waals surface area contributed by atoms with Gasteiger partial charge in [0.2, 0.25) is 0 Å². The van der Waals surface area contributed by atoms with E-state index >= 15 is 0 Å². The van der Waals surface area contributed by atoms with Gasteiger partial charge in [-0.1, -0.05) is 13.8 Å². The first kappa shape index (κ1) is 18.0. The van der Waals surface area contributed by atoms with Crippen LogP contribution in [-0.2, 0) is 4.79 Å². The maximum Gasteiger partial charge on any atom is 0.133 e. The second-order valence-corrected chi connectivity index (χ2v) is 10.9. The fourth-order valence-corrected chi connectivity index (χ4v) is 8.44.